The molecule has 0 saturated heterocycles. The molecule has 1 aromatic rings. The molecule has 104 valence electrons. The van der Waals surface area contributed by atoms with Crippen LogP contribution in [0.3, 0.4) is 0 Å². The first-order valence-corrected chi connectivity index (χ1v) is 6.65. The Kier molecular flexibility index (Phi) is 4.30. The molecule has 0 spiro atoms. The van der Waals surface area contributed by atoms with Crippen LogP contribution in [0.1, 0.15) is 24.0 Å². The Morgan fingerprint density at radius 2 is 1.95 bits per heavy atom. The number of hydrogen-bond donors (Lipinski definition) is 1. The van der Waals surface area contributed by atoms with Crippen LogP contribution in [-0.4, -0.2) is 26.7 Å². The summed E-state index contributed by atoms with van der Waals surface area (Å²) in [7, 11) is 3.32. The predicted molar refractivity (Wildman–Crippen MR) is 73.7 cm³/mol. The summed E-state index contributed by atoms with van der Waals surface area (Å²) in [6.45, 7) is 2.62. The number of rotatable bonds is 6. The van der Waals surface area contributed by atoms with E-state index in [1.54, 1.807) is 14.2 Å². The number of amides is 1. The topological polar surface area (TPSA) is 47.6 Å². The molecule has 0 radical (unpaired) electrons. The third kappa shape index (κ3) is 3.40. The molecule has 1 aliphatic carbocycles. The molecular weight excluding hydrogens is 242 g/mol. The summed E-state index contributed by atoms with van der Waals surface area (Å²) in [5, 5.41) is 2.96. The van der Waals surface area contributed by atoms with Gasteiger partial charge in [-0.05, 0) is 49.4 Å². The highest BCUT2D eigenvalue weighted by Crippen LogP contribution is 2.30. The van der Waals surface area contributed by atoms with E-state index in [9.17, 15) is 4.79 Å². The van der Waals surface area contributed by atoms with E-state index in [2.05, 4.69) is 5.32 Å². The quantitative estimate of drug-likeness (QED) is 0.855. The molecule has 19 heavy (non-hydrogen) atoms. The number of carbonyl (C=O) groups excluding carboxylic acids is 1. The van der Waals surface area contributed by atoms with Crippen LogP contribution in [0.5, 0.6) is 11.5 Å². The summed E-state index contributed by atoms with van der Waals surface area (Å²) < 4.78 is 10.7. The van der Waals surface area contributed by atoms with Crippen molar-refractivity contribution < 1.29 is 14.3 Å². The van der Waals surface area contributed by atoms with Gasteiger partial charge in [0.15, 0.2) is 0 Å². The van der Waals surface area contributed by atoms with Crippen molar-refractivity contribution in [2.75, 3.05) is 20.8 Å². The highest BCUT2D eigenvalue weighted by atomic mass is 16.5. The fraction of sp³-hybridized carbons (Fsp3) is 0.533. The van der Waals surface area contributed by atoms with Crippen molar-refractivity contribution in [3.63, 3.8) is 0 Å². The Bertz CT molecular complexity index is 467. The van der Waals surface area contributed by atoms with Gasteiger partial charge in [-0.2, -0.15) is 0 Å². The molecule has 0 bridgehead atoms. The maximum absolute atomic E-state index is 11.6. The van der Waals surface area contributed by atoms with Gasteiger partial charge < -0.3 is 14.8 Å². The van der Waals surface area contributed by atoms with Crippen LogP contribution in [-0.2, 0) is 11.2 Å². The third-order valence-corrected chi connectivity index (χ3v) is 3.44. The summed E-state index contributed by atoms with van der Waals surface area (Å²) in [5.74, 6) is 2.13. The van der Waals surface area contributed by atoms with E-state index in [-0.39, 0.29) is 11.8 Å². The van der Waals surface area contributed by atoms with Gasteiger partial charge in [0, 0.05) is 12.5 Å². The van der Waals surface area contributed by atoms with Gasteiger partial charge in [0.1, 0.15) is 11.5 Å². The summed E-state index contributed by atoms with van der Waals surface area (Å²) in [5.41, 5.74) is 2.10. The van der Waals surface area contributed by atoms with Gasteiger partial charge in [-0.3, -0.25) is 4.79 Å². The molecule has 0 aromatic heterocycles. The Morgan fingerprint density at radius 3 is 2.53 bits per heavy atom. The minimum absolute atomic E-state index is 0.179. The Balaban J connectivity index is 1.99. The smallest absolute Gasteiger partial charge is 0.223 e. The fourth-order valence-electron chi connectivity index (χ4n) is 2.12. The van der Waals surface area contributed by atoms with Gasteiger partial charge in [-0.1, -0.05) is 0 Å². The first-order valence-electron chi connectivity index (χ1n) is 6.65. The lowest BCUT2D eigenvalue weighted by Crippen LogP contribution is -2.27. The van der Waals surface area contributed by atoms with Gasteiger partial charge in [0.25, 0.3) is 0 Å². The van der Waals surface area contributed by atoms with Crippen LogP contribution in [0.25, 0.3) is 0 Å². The molecule has 1 aliphatic rings. The van der Waals surface area contributed by atoms with Gasteiger partial charge in [-0.25, -0.2) is 0 Å². The minimum atomic E-state index is 0.179. The zero-order valence-corrected chi connectivity index (χ0v) is 11.8. The Hall–Kier alpha value is -1.71. The number of benzene rings is 1. The lowest BCUT2D eigenvalue weighted by Gasteiger charge is -2.13. The maximum atomic E-state index is 11.6. The second kappa shape index (κ2) is 5.95. The van der Waals surface area contributed by atoms with Crippen molar-refractivity contribution >= 4 is 5.91 Å². The molecule has 1 aromatic carbocycles. The van der Waals surface area contributed by atoms with Gasteiger partial charge in [0.05, 0.1) is 14.2 Å². The third-order valence-electron chi connectivity index (χ3n) is 3.44. The molecule has 4 heteroatoms. The zero-order valence-electron chi connectivity index (χ0n) is 11.8. The SMILES string of the molecule is COc1cc(CCNC(=O)C2CC2)c(OC)cc1C. The lowest BCUT2D eigenvalue weighted by molar-refractivity contribution is -0.122. The normalized spacial score (nSPS) is 14.1. The van der Waals surface area contributed by atoms with E-state index in [1.807, 2.05) is 19.1 Å². The van der Waals surface area contributed by atoms with Crippen LogP contribution in [0, 0.1) is 12.8 Å². The molecular formula is C15H21NO3. The molecule has 1 N–H and O–H groups in total. The predicted octanol–water partition coefficient (Wildman–Crippen LogP) is 2.08. The molecule has 0 atom stereocenters. The highest BCUT2D eigenvalue weighted by Gasteiger charge is 2.29. The van der Waals surface area contributed by atoms with Crippen molar-refractivity contribution in [2.24, 2.45) is 5.92 Å². The average Bonchev–Trinajstić information content (AvgIpc) is 3.24. The van der Waals surface area contributed by atoms with Crippen molar-refractivity contribution in [1.29, 1.82) is 0 Å². The second-order valence-electron chi connectivity index (χ2n) is 4.95. The van der Waals surface area contributed by atoms with Crippen LogP contribution in [0.2, 0.25) is 0 Å². The molecule has 0 heterocycles. The molecule has 1 amide bonds. The van der Waals surface area contributed by atoms with E-state index in [0.717, 1.165) is 41.9 Å². The van der Waals surface area contributed by atoms with Crippen LogP contribution in [0.15, 0.2) is 12.1 Å². The lowest BCUT2D eigenvalue weighted by atomic mass is 10.1. The summed E-state index contributed by atoms with van der Waals surface area (Å²) in [6.07, 6.45) is 2.82. The van der Waals surface area contributed by atoms with Crippen molar-refractivity contribution in [3.05, 3.63) is 23.3 Å². The van der Waals surface area contributed by atoms with Crippen LogP contribution in [0.4, 0.5) is 0 Å². The largest absolute Gasteiger partial charge is 0.496 e. The van der Waals surface area contributed by atoms with Crippen molar-refractivity contribution in [2.45, 2.75) is 26.2 Å². The highest BCUT2D eigenvalue weighted by molar-refractivity contribution is 5.80. The Labute approximate surface area is 114 Å². The van der Waals surface area contributed by atoms with Gasteiger partial charge >= 0.3 is 0 Å². The molecule has 2 rings (SSSR count). The first-order chi connectivity index (χ1) is 9.15. The average molecular weight is 263 g/mol. The summed E-state index contributed by atoms with van der Waals surface area (Å²) >= 11 is 0. The molecule has 4 nitrogen and oxygen atoms in total. The summed E-state index contributed by atoms with van der Waals surface area (Å²) in [4.78, 5) is 11.6. The van der Waals surface area contributed by atoms with E-state index >= 15 is 0 Å². The fourth-order valence-corrected chi connectivity index (χ4v) is 2.12. The standard InChI is InChI=1S/C15H21NO3/c1-10-8-14(19-3)12(9-13(10)18-2)6-7-16-15(17)11-4-5-11/h8-9,11H,4-7H2,1-3H3,(H,16,17). The maximum Gasteiger partial charge on any atom is 0.223 e. The molecule has 0 aliphatic heterocycles. The van der Waals surface area contributed by atoms with Crippen LogP contribution >= 0.6 is 0 Å². The molecule has 0 unspecified atom stereocenters. The first kappa shape index (κ1) is 13.7. The van der Waals surface area contributed by atoms with Crippen LogP contribution < -0.4 is 14.8 Å². The number of ether oxygens (including phenoxy) is 2. The van der Waals surface area contributed by atoms with Crippen molar-refractivity contribution in [1.82, 2.24) is 5.32 Å². The monoisotopic (exact) mass is 263 g/mol. The van der Waals surface area contributed by atoms with Crippen molar-refractivity contribution in [3.8, 4) is 11.5 Å². The van der Waals surface area contributed by atoms with E-state index in [4.69, 9.17) is 9.47 Å². The molecule has 1 fully saturated rings. The van der Waals surface area contributed by atoms with Gasteiger partial charge in [-0.15, -0.1) is 0 Å². The van der Waals surface area contributed by atoms with E-state index in [0.29, 0.717) is 6.54 Å². The number of hydrogen-bond acceptors (Lipinski definition) is 3. The summed E-state index contributed by atoms with van der Waals surface area (Å²) in [6, 6.07) is 3.95. The van der Waals surface area contributed by atoms with E-state index < -0.39 is 0 Å². The number of nitrogens with one attached hydrogen (secondary N) is 1. The minimum Gasteiger partial charge on any atom is -0.496 e. The number of carbonyl (C=O) groups is 1. The zero-order chi connectivity index (χ0) is 13.8. The second-order valence-corrected chi connectivity index (χ2v) is 4.95. The van der Waals surface area contributed by atoms with Gasteiger partial charge in [0.2, 0.25) is 5.91 Å². The van der Waals surface area contributed by atoms with E-state index in [1.165, 1.54) is 0 Å². The number of methoxy groups -OCH3 is 2. The molecule has 1 saturated carbocycles. The number of aryl methyl sites for hydroxylation is 1. The Morgan fingerprint density at radius 1 is 1.26 bits per heavy atom.